The van der Waals surface area contributed by atoms with Gasteiger partial charge in [-0.25, -0.2) is 4.98 Å². The maximum Gasteiger partial charge on any atom is 0.488 e. The lowest BCUT2D eigenvalue weighted by molar-refractivity contribution is 0.426. The zero-order valence-electron chi connectivity index (χ0n) is 21.6. The fraction of sp³-hybridized carbons (Fsp3) is 0. The zero-order chi connectivity index (χ0) is 27.1. The number of para-hydroxylation sites is 1. The first-order chi connectivity index (χ1) is 19.7. The summed E-state index contributed by atoms with van der Waals surface area (Å²) < 4.78 is 2.18. The molecule has 190 valence electrons. The quantitative estimate of drug-likeness (QED) is 0.246. The van der Waals surface area contributed by atoms with Gasteiger partial charge in [-0.05, 0) is 53.0 Å². The largest absolute Gasteiger partial charge is 0.488 e. The number of hydrogen-bond donors (Lipinski definition) is 2. The Morgan fingerprint density at radius 3 is 1.68 bits per heavy atom. The third-order valence-corrected chi connectivity index (χ3v) is 7.42. The molecule has 2 N–H and O–H groups in total. The van der Waals surface area contributed by atoms with Gasteiger partial charge in [0.25, 0.3) is 0 Å². The van der Waals surface area contributed by atoms with Crippen LogP contribution in [0.1, 0.15) is 0 Å². The van der Waals surface area contributed by atoms with E-state index in [1.807, 2.05) is 60.7 Å². The molecule has 0 radical (unpaired) electrons. The Balaban J connectivity index is 1.37. The van der Waals surface area contributed by atoms with Gasteiger partial charge in [-0.15, -0.1) is 0 Å². The highest BCUT2D eigenvalue weighted by Gasteiger charge is 2.17. The molecule has 2 aromatic heterocycles. The highest BCUT2D eigenvalue weighted by atomic mass is 16.4. The van der Waals surface area contributed by atoms with Gasteiger partial charge in [0.05, 0.1) is 22.4 Å². The topological polar surface area (TPSA) is 58.3 Å². The van der Waals surface area contributed by atoms with Gasteiger partial charge in [0.15, 0.2) is 0 Å². The number of rotatable bonds is 5. The molecule has 0 aliphatic heterocycles. The summed E-state index contributed by atoms with van der Waals surface area (Å²) in [5.41, 5.74) is 9.65. The van der Waals surface area contributed by atoms with Gasteiger partial charge in [0, 0.05) is 27.6 Å². The minimum Gasteiger partial charge on any atom is -0.423 e. The van der Waals surface area contributed by atoms with Crippen molar-refractivity contribution in [2.45, 2.75) is 0 Å². The van der Waals surface area contributed by atoms with E-state index in [1.54, 1.807) is 6.07 Å². The van der Waals surface area contributed by atoms with E-state index < -0.39 is 7.12 Å². The Kier molecular flexibility index (Phi) is 6.01. The van der Waals surface area contributed by atoms with E-state index in [2.05, 4.69) is 77.4 Å². The highest BCUT2D eigenvalue weighted by Crippen LogP contribution is 2.34. The van der Waals surface area contributed by atoms with Crippen molar-refractivity contribution in [3.8, 4) is 39.3 Å². The highest BCUT2D eigenvalue weighted by molar-refractivity contribution is 6.59. The maximum atomic E-state index is 9.83. The summed E-state index contributed by atoms with van der Waals surface area (Å²) >= 11 is 0. The van der Waals surface area contributed by atoms with E-state index in [4.69, 9.17) is 4.98 Å². The summed E-state index contributed by atoms with van der Waals surface area (Å²) in [5.74, 6) is 0. The third kappa shape index (κ3) is 4.28. The lowest BCUT2D eigenvalue weighted by atomic mass is 9.80. The normalized spacial score (nSPS) is 11.2. The molecule has 7 rings (SSSR count). The Morgan fingerprint density at radius 1 is 0.475 bits per heavy atom. The van der Waals surface area contributed by atoms with Crippen molar-refractivity contribution in [2.24, 2.45) is 0 Å². The van der Waals surface area contributed by atoms with Crippen LogP contribution < -0.4 is 5.46 Å². The van der Waals surface area contributed by atoms with Gasteiger partial charge in [0.2, 0.25) is 0 Å². The molecule has 40 heavy (non-hydrogen) atoms. The second-order valence-electron chi connectivity index (χ2n) is 9.91. The molecule has 0 spiro atoms. The molecular formula is C35H25BN2O2. The monoisotopic (exact) mass is 516 g/mol. The molecule has 7 aromatic rings. The first-order valence-electron chi connectivity index (χ1n) is 13.3. The number of benzene rings is 5. The van der Waals surface area contributed by atoms with Crippen molar-refractivity contribution in [3.63, 3.8) is 0 Å². The van der Waals surface area contributed by atoms with E-state index in [0.717, 1.165) is 61.1 Å². The van der Waals surface area contributed by atoms with Crippen molar-refractivity contribution in [1.82, 2.24) is 9.55 Å². The number of hydrogen-bond acceptors (Lipinski definition) is 3. The van der Waals surface area contributed by atoms with Crippen LogP contribution >= 0.6 is 0 Å². The number of nitrogens with zero attached hydrogens (tertiary/aromatic N) is 2. The van der Waals surface area contributed by atoms with Crippen LogP contribution in [0.5, 0.6) is 0 Å². The van der Waals surface area contributed by atoms with Crippen molar-refractivity contribution in [3.05, 3.63) is 140 Å². The standard InChI is InChI=1S/C35H25BN2O2/c39-36(40)28-17-20-31-30-13-7-8-14-34(30)38(35(31)23-28)29-18-15-24(16-19-29)27-21-32(25-9-3-1-4-10-25)37-33(22-27)26-11-5-2-6-12-26/h1-23,39-40H. The third-order valence-electron chi connectivity index (χ3n) is 7.42. The minimum absolute atomic E-state index is 0.465. The SMILES string of the molecule is OB(O)c1ccc2c3ccccc3n(-c3ccc(-c4cc(-c5ccccc5)nc(-c5ccccc5)c4)cc3)c2c1. The first-order valence-corrected chi connectivity index (χ1v) is 13.3. The average molecular weight is 516 g/mol. The Hall–Kier alpha value is -4.97. The predicted molar refractivity (Wildman–Crippen MR) is 165 cm³/mol. The fourth-order valence-electron chi connectivity index (χ4n) is 5.44. The summed E-state index contributed by atoms with van der Waals surface area (Å²) in [6, 6.07) is 47.2. The van der Waals surface area contributed by atoms with Gasteiger partial charge in [-0.3, -0.25) is 0 Å². The molecule has 0 aliphatic carbocycles. The van der Waals surface area contributed by atoms with Crippen molar-refractivity contribution < 1.29 is 10.0 Å². The van der Waals surface area contributed by atoms with E-state index >= 15 is 0 Å². The lowest BCUT2D eigenvalue weighted by Crippen LogP contribution is -2.29. The Labute approximate surface area is 232 Å². The minimum atomic E-state index is -1.53. The zero-order valence-corrected chi connectivity index (χ0v) is 21.6. The molecule has 5 heteroatoms. The smallest absolute Gasteiger partial charge is 0.423 e. The molecule has 2 heterocycles. The molecule has 4 nitrogen and oxygen atoms in total. The second-order valence-corrected chi connectivity index (χ2v) is 9.91. The van der Waals surface area contributed by atoms with Gasteiger partial charge in [-0.2, -0.15) is 0 Å². The van der Waals surface area contributed by atoms with Crippen LogP contribution in [0.15, 0.2) is 140 Å². The molecule has 5 aromatic carbocycles. The van der Waals surface area contributed by atoms with Gasteiger partial charge < -0.3 is 14.6 Å². The van der Waals surface area contributed by atoms with Gasteiger partial charge in [0.1, 0.15) is 0 Å². The summed E-state index contributed by atoms with van der Waals surface area (Å²) in [7, 11) is -1.53. The molecule has 0 atom stereocenters. The molecule has 0 fully saturated rings. The van der Waals surface area contributed by atoms with Gasteiger partial charge in [-0.1, -0.05) is 103 Å². The van der Waals surface area contributed by atoms with E-state index in [1.165, 1.54) is 0 Å². The lowest BCUT2D eigenvalue weighted by Gasteiger charge is -2.12. The molecule has 0 saturated carbocycles. The fourth-order valence-corrected chi connectivity index (χ4v) is 5.44. The first kappa shape index (κ1) is 24.1. The van der Waals surface area contributed by atoms with Crippen molar-refractivity contribution in [2.75, 3.05) is 0 Å². The van der Waals surface area contributed by atoms with Crippen molar-refractivity contribution >= 4 is 34.4 Å². The molecular weight excluding hydrogens is 491 g/mol. The van der Waals surface area contributed by atoms with Crippen molar-refractivity contribution in [1.29, 1.82) is 0 Å². The summed E-state index contributed by atoms with van der Waals surface area (Å²) in [4.78, 5) is 5.00. The summed E-state index contributed by atoms with van der Waals surface area (Å²) in [5, 5.41) is 21.9. The van der Waals surface area contributed by atoms with Crippen LogP contribution in [0.25, 0.3) is 61.1 Å². The van der Waals surface area contributed by atoms with Crippen LogP contribution in [0.4, 0.5) is 0 Å². The van der Waals surface area contributed by atoms with E-state index in [9.17, 15) is 10.0 Å². The van der Waals surface area contributed by atoms with Crippen LogP contribution in [0, 0.1) is 0 Å². The van der Waals surface area contributed by atoms with E-state index in [0.29, 0.717) is 5.46 Å². The molecule has 0 bridgehead atoms. The van der Waals surface area contributed by atoms with Gasteiger partial charge >= 0.3 is 7.12 Å². The summed E-state index contributed by atoms with van der Waals surface area (Å²) in [6.07, 6.45) is 0. The molecule has 0 aliphatic rings. The van der Waals surface area contributed by atoms with Crippen LogP contribution in [-0.2, 0) is 0 Å². The van der Waals surface area contributed by atoms with Crippen LogP contribution in [0.2, 0.25) is 0 Å². The Bertz CT molecular complexity index is 1910. The number of aromatic nitrogens is 2. The predicted octanol–water partition coefficient (Wildman–Crippen LogP) is 6.86. The van der Waals surface area contributed by atoms with Crippen LogP contribution in [-0.4, -0.2) is 26.7 Å². The second kappa shape index (κ2) is 9.97. The van der Waals surface area contributed by atoms with E-state index in [-0.39, 0.29) is 0 Å². The molecule has 0 unspecified atom stereocenters. The maximum absolute atomic E-state index is 9.83. The molecule has 0 saturated heterocycles. The molecule has 0 amide bonds. The average Bonchev–Trinajstić information content (AvgIpc) is 3.35. The van der Waals surface area contributed by atoms with Crippen LogP contribution in [0.3, 0.4) is 0 Å². The summed E-state index contributed by atoms with van der Waals surface area (Å²) in [6.45, 7) is 0. The number of pyridine rings is 1. The number of fused-ring (bicyclic) bond motifs is 3. The Morgan fingerprint density at radius 2 is 1.05 bits per heavy atom.